The number of hydrogen-bond acceptors (Lipinski definition) is 4. The number of fused-ring (bicyclic) bond motifs is 1. The first-order valence-electron chi connectivity index (χ1n) is 6.34. The number of benzene rings is 1. The molecule has 4 nitrogen and oxygen atoms in total. The van der Waals surface area contributed by atoms with Gasteiger partial charge in [-0.05, 0) is 18.2 Å². The van der Waals surface area contributed by atoms with Gasteiger partial charge in [0.05, 0.1) is 11.5 Å². The maximum atomic E-state index is 11.6. The molecule has 1 aromatic rings. The number of rotatable bonds is 0. The Morgan fingerprint density at radius 3 is 2.68 bits per heavy atom. The van der Waals surface area contributed by atoms with Gasteiger partial charge in [0.2, 0.25) is 0 Å². The Morgan fingerprint density at radius 2 is 2.00 bits per heavy atom. The second-order valence-electron chi connectivity index (χ2n) is 5.43. The Labute approximate surface area is 121 Å². The van der Waals surface area contributed by atoms with Gasteiger partial charge < -0.3 is 10.5 Å². The van der Waals surface area contributed by atoms with E-state index in [1.807, 2.05) is 18.2 Å². The molecule has 0 amide bonds. The molecular weight excluding hydrogens is 330 g/mol. The van der Waals surface area contributed by atoms with Crippen molar-refractivity contribution < 1.29 is 13.2 Å². The molecule has 104 valence electrons. The third-order valence-corrected chi connectivity index (χ3v) is 6.17. The summed E-state index contributed by atoms with van der Waals surface area (Å²) in [6, 6.07) is 5.71. The maximum absolute atomic E-state index is 11.6. The average Bonchev–Trinajstić information content (AvgIpc) is 2.35. The van der Waals surface area contributed by atoms with E-state index < -0.39 is 15.4 Å². The zero-order valence-electron chi connectivity index (χ0n) is 10.4. The van der Waals surface area contributed by atoms with E-state index in [1.54, 1.807) is 0 Å². The van der Waals surface area contributed by atoms with Crippen LogP contribution in [0.5, 0.6) is 5.75 Å². The van der Waals surface area contributed by atoms with Crippen LogP contribution in [0.3, 0.4) is 0 Å². The molecule has 0 unspecified atom stereocenters. The molecule has 0 bridgehead atoms. The highest BCUT2D eigenvalue weighted by Gasteiger charge is 2.44. The number of ether oxygens (including phenoxy) is 1. The quantitative estimate of drug-likeness (QED) is 0.782. The number of sulfone groups is 1. The molecule has 1 saturated heterocycles. The highest BCUT2D eigenvalue weighted by molar-refractivity contribution is 9.10. The van der Waals surface area contributed by atoms with Gasteiger partial charge in [-0.3, -0.25) is 0 Å². The minimum Gasteiger partial charge on any atom is -0.487 e. The predicted molar refractivity (Wildman–Crippen MR) is 76.9 cm³/mol. The molecule has 2 heterocycles. The van der Waals surface area contributed by atoms with Crippen molar-refractivity contribution in [3.05, 3.63) is 28.2 Å². The summed E-state index contributed by atoms with van der Waals surface area (Å²) in [6.07, 6.45) is 1.77. The lowest BCUT2D eigenvalue weighted by molar-refractivity contribution is 0.0264. The summed E-state index contributed by atoms with van der Waals surface area (Å²) in [6.45, 7) is 0. The second-order valence-corrected chi connectivity index (χ2v) is 8.65. The van der Waals surface area contributed by atoms with Crippen molar-refractivity contribution in [1.29, 1.82) is 0 Å². The molecule has 3 rings (SSSR count). The number of hydrogen-bond donors (Lipinski definition) is 1. The van der Waals surface area contributed by atoms with Crippen LogP contribution in [-0.2, 0) is 9.84 Å². The minimum atomic E-state index is -2.89. The largest absolute Gasteiger partial charge is 0.487 e. The smallest absolute Gasteiger partial charge is 0.150 e. The maximum Gasteiger partial charge on any atom is 0.150 e. The first-order valence-corrected chi connectivity index (χ1v) is 8.95. The van der Waals surface area contributed by atoms with E-state index in [-0.39, 0.29) is 17.5 Å². The topological polar surface area (TPSA) is 69.4 Å². The van der Waals surface area contributed by atoms with Gasteiger partial charge in [-0.2, -0.15) is 0 Å². The van der Waals surface area contributed by atoms with Gasteiger partial charge in [-0.25, -0.2) is 8.42 Å². The number of nitrogens with two attached hydrogens (primary N) is 1. The zero-order valence-corrected chi connectivity index (χ0v) is 12.8. The van der Waals surface area contributed by atoms with Crippen LogP contribution in [0.15, 0.2) is 22.7 Å². The van der Waals surface area contributed by atoms with Gasteiger partial charge in [0, 0.05) is 35.3 Å². The van der Waals surface area contributed by atoms with Crippen LogP contribution in [0.4, 0.5) is 0 Å². The van der Waals surface area contributed by atoms with Gasteiger partial charge in [-0.1, -0.05) is 15.9 Å². The summed E-state index contributed by atoms with van der Waals surface area (Å²) in [4.78, 5) is 0. The fraction of sp³-hybridized carbons (Fsp3) is 0.538. The zero-order chi connectivity index (χ0) is 13.7. The van der Waals surface area contributed by atoms with Crippen LogP contribution in [0, 0.1) is 0 Å². The normalized spacial score (nSPS) is 27.6. The van der Waals surface area contributed by atoms with Gasteiger partial charge in [-0.15, -0.1) is 0 Å². The molecule has 6 heteroatoms. The van der Waals surface area contributed by atoms with Crippen LogP contribution >= 0.6 is 15.9 Å². The average molecular weight is 346 g/mol. The summed E-state index contributed by atoms with van der Waals surface area (Å²) in [5, 5.41) is 0. The number of halogens is 1. The molecule has 1 aromatic carbocycles. The fourth-order valence-corrected chi connectivity index (χ4v) is 4.85. The van der Waals surface area contributed by atoms with E-state index in [9.17, 15) is 8.42 Å². The Kier molecular flexibility index (Phi) is 3.15. The van der Waals surface area contributed by atoms with Gasteiger partial charge in [0.25, 0.3) is 0 Å². The lowest BCUT2D eigenvalue weighted by atomic mass is 9.83. The first kappa shape index (κ1) is 13.4. The third-order valence-electron chi connectivity index (χ3n) is 4.03. The Bertz CT molecular complexity index is 600. The van der Waals surface area contributed by atoms with E-state index in [4.69, 9.17) is 10.5 Å². The SMILES string of the molecule is N[C@@H]1CC2(CCS(=O)(=O)CC2)Oc2ccc(Br)cc21. The highest BCUT2D eigenvalue weighted by atomic mass is 79.9. The van der Waals surface area contributed by atoms with Crippen molar-refractivity contribution in [2.75, 3.05) is 11.5 Å². The van der Waals surface area contributed by atoms with Crippen LogP contribution in [0.1, 0.15) is 30.9 Å². The first-order chi connectivity index (χ1) is 8.89. The molecule has 1 spiro atoms. The molecule has 2 aliphatic rings. The van der Waals surface area contributed by atoms with E-state index >= 15 is 0 Å². The van der Waals surface area contributed by atoms with E-state index in [0.29, 0.717) is 19.3 Å². The molecule has 0 saturated carbocycles. The molecule has 0 radical (unpaired) electrons. The molecule has 0 aliphatic carbocycles. The molecule has 2 aliphatic heterocycles. The summed E-state index contributed by atoms with van der Waals surface area (Å²) < 4.78 is 30.2. The van der Waals surface area contributed by atoms with Gasteiger partial charge in [0.1, 0.15) is 11.4 Å². The van der Waals surface area contributed by atoms with Crippen molar-refractivity contribution in [2.24, 2.45) is 5.73 Å². The second kappa shape index (κ2) is 4.46. The van der Waals surface area contributed by atoms with Gasteiger partial charge >= 0.3 is 0 Å². The molecule has 19 heavy (non-hydrogen) atoms. The van der Waals surface area contributed by atoms with Gasteiger partial charge in [0.15, 0.2) is 9.84 Å². The molecule has 1 atom stereocenters. The predicted octanol–water partition coefficient (Wildman–Crippen LogP) is 2.18. The van der Waals surface area contributed by atoms with E-state index in [1.165, 1.54) is 0 Å². The minimum absolute atomic E-state index is 0.0953. The lowest BCUT2D eigenvalue weighted by Crippen LogP contribution is -2.48. The molecule has 2 N–H and O–H groups in total. The summed E-state index contributed by atoms with van der Waals surface area (Å²) in [7, 11) is -2.89. The molecule has 1 fully saturated rings. The van der Waals surface area contributed by atoms with Crippen molar-refractivity contribution in [3.8, 4) is 5.75 Å². The third kappa shape index (κ3) is 2.53. The monoisotopic (exact) mass is 345 g/mol. The Balaban J connectivity index is 1.91. The van der Waals surface area contributed by atoms with Crippen LogP contribution in [0.2, 0.25) is 0 Å². The van der Waals surface area contributed by atoms with Crippen molar-refractivity contribution in [3.63, 3.8) is 0 Å². The lowest BCUT2D eigenvalue weighted by Gasteiger charge is -2.43. The summed E-state index contributed by atoms with van der Waals surface area (Å²) in [5.41, 5.74) is 6.83. The van der Waals surface area contributed by atoms with Crippen molar-refractivity contribution in [1.82, 2.24) is 0 Å². The van der Waals surface area contributed by atoms with Crippen LogP contribution in [-0.4, -0.2) is 25.5 Å². The van der Waals surface area contributed by atoms with Crippen molar-refractivity contribution in [2.45, 2.75) is 30.9 Å². The van der Waals surface area contributed by atoms with Crippen LogP contribution in [0.25, 0.3) is 0 Å². The van der Waals surface area contributed by atoms with Crippen LogP contribution < -0.4 is 10.5 Å². The Hall–Kier alpha value is -0.590. The van der Waals surface area contributed by atoms with E-state index in [2.05, 4.69) is 15.9 Å². The highest BCUT2D eigenvalue weighted by Crippen LogP contribution is 2.44. The molecular formula is C13H16BrNO3S. The standard InChI is InChI=1S/C13H16BrNO3S/c14-9-1-2-12-10(7-9)11(15)8-13(18-12)3-5-19(16,17)6-4-13/h1-2,7,11H,3-6,8,15H2/t11-/m1/s1. The van der Waals surface area contributed by atoms with Crippen molar-refractivity contribution >= 4 is 25.8 Å². The molecule has 0 aromatic heterocycles. The fourth-order valence-electron chi connectivity index (χ4n) is 2.90. The Morgan fingerprint density at radius 1 is 1.32 bits per heavy atom. The van der Waals surface area contributed by atoms with E-state index in [0.717, 1.165) is 15.8 Å². The summed E-state index contributed by atoms with van der Waals surface area (Å²) in [5.74, 6) is 1.19. The summed E-state index contributed by atoms with van der Waals surface area (Å²) >= 11 is 3.43.